The number of benzene rings is 1. The van der Waals surface area contributed by atoms with E-state index in [4.69, 9.17) is 16.3 Å². The fourth-order valence-corrected chi connectivity index (χ4v) is 2.27. The lowest BCUT2D eigenvalue weighted by Crippen LogP contribution is -2.12. The zero-order chi connectivity index (χ0) is 16.8. The molecule has 0 bridgehead atoms. The average molecular weight is 335 g/mol. The van der Waals surface area contributed by atoms with Gasteiger partial charge in [-0.2, -0.15) is 4.98 Å². The fraction of sp³-hybridized carbons (Fsp3) is 0.353. The van der Waals surface area contributed by atoms with Gasteiger partial charge in [-0.3, -0.25) is 0 Å². The van der Waals surface area contributed by atoms with E-state index in [9.17, 15) is 9.90 Å². The highest BCUT2D eigenvalue weighted by Crippen LogP contribution is 2.26. The van der Waals surface area contributed by atoms with E-state index < -0.39 is 5.97 Å². The molecule has 0 amide bonds. The largest absolute Gasteiger partial charge is 0.477 e. The molecule has 1 aromatic heterocycles. The Labute approximate surface area is 140 Å². The zero-order valence-corrected chi connectivity index (χ0v) is 13.9. The first kappa shape index (κ1) is 17.2. The minimum atomic E-state index is -1.07. The highest BCUT2D eigenvalue weighted by Gasteiger charge is 2.21. The van der Waals surface area contributed by atoms with Gasteiger partial charge in [0.1, 0.15) is 5.56 Å². The summed E-state index contributed by atoms with van der Waals surface area (Å²) >= 11 is 5.90. The topological polar surface area (TPSA) is 72.3 Å². The van der Waals surface area contributed by atoms with E-state index in [0.29, 0.717) is 29.6 Å². The predicted octanol–water partition coefficient (Wildman–Crippen LogP) is 4.24. The van der Waals surface area contributed by atoms with E-state index in [1.165, 1.54) is 0 Å². The molecule has 5 nitrogen and oxygen atoms in total. The number of aromatic nitrogens is 2. The van der Waals surface area contributed by atoms with Gasteiger partial charge >= 0.3 is 5.97 Å². The lowest BCUT2D eigenvalue weighted by atomic mass is 10.1. The molecule has 0 saturated heterocycles. The van der Waals surface area contributed by atoms with E-state index in [0.717, 1.165) is 18.4 Å². The van der Waals surface area contributed by atoms with Crippen molar-refractivity contribution in [3.8, 4) is 17.3 Å². The quantitative estimate of drug-likeness (QED) is 0.820. The number of carbonyl (C=O) groups is 1. The number of nitrogens with zero attached hydrogens (tertiary/aromatic N) is 2. The second kappa shape index (κ2) is 7.92. The maximum absolute atomic E-state index is 11.6. The van der Waals surface area contributed by atoms with Crippen molar-refractivity contribution in [2.24, 2.45) is 0 Å². The van der Waals surface area contributed by atoms with Gasteiger partial charge in [0, 0.05) is 10.6 Å². The number of aromatic carboxylic acids is 1. The van der Waals surface area contributed by atoms with E-state index in [1.54, 1.807) is 24.3 Å². The summed E-state index contributed by atoms with van der Waals surface area (Å²) < 4.78 is 5.56. The van der Waals surface area contributed by atoms with Crippen molar-refractivity contribution in [2.75, 3.05) is 6.61 Å². The predicted molar refractivity (Wildman–Crippen MR) is 89.2 cm³/mol. The van der Waals surface area contributed by atoms with Crippen LogP contribution in [0, 0.1) is 0 Å². The number of carboxylic acid groups (broad SMARTS) is 1. The summed E-state index contributed by atoms with van der Waals surface area (Å²) in [7, 11) is 0. The van der Waals surface area contributed by atoms with Crippen molar-refractivity contribution in [1.29, 1.82) is 0 Å². The summed E-state index contributed by atoms with van der Waals surface area (Å²) in [6.45, 7) is 4.33. The minimum absolute atomic E-state index is 0.0537. The van der Waals surface area contributed by atoms with Crippen LogP contribution in [0.15, 0.2) is 24.3 Å². The Morgan fingerprint density at radius 3 is 2.43 bits per heavy atom. The summed E-state index contributed by atoms with van der Waals surface area (Å²) in [6, 6.07) is 7.10. The highest BCUT2D eigenvalue weighted by molar-refractivity contribution is 6.30. The Morgan fingerprint density at radius 1 is 1.17 bits per heavy atom. The summed E-state index contributed by atoms with van der Waals surface area (Å²) in [6.07, 6.45) is 2.10. The van der Waals surface area contributed by atoms with Gasteiger partial charge in [-0.15, -0.1) is 0 Å². The molecular weight excluding hydrogens is 316 g/mol. The van der Waals surface area contributed by atoms with Crippen LogP contribution < -0.4 is 4.74 Å². The average Bonchev–Trinajstić information content (AvgIpc) is 2.53. The smallest absolute Gasteiger partial charge is 0.343 e. The standard InChI is InChI=1S/C17H19ClN2O3/c1-3-5-13-14(17(21)22)16(23-10-4-2)20-15(19-13)11-6-8-12(18)9-7-11/h6-9H,3-5,10H2,1-2H3,(H,21,22). The van der Waals surface area contributed by atoms with Gasteiger partial charge in [0.05, 0.1) is 12.3 Å². The number of hydrogen-bond donors (Lipinski definition) is 1. The Hall–Kier alpha value is -2.14. The molecule has 6 heteroatoms. The molecule has 1 heterocycles. The van der Waals surface area contributed by atoms with E-state index in [2.05, 4.69) is 9.97 Å². The maximum atomic E-state index is 11.6. The molecule has 0 saturated carbocycles. The van der Waals surface area contributed by atoms with Crippen molar-refractivity contribution < 1.29 is 14.6 Å². The van der Waals surface area contributed by atoms with Crippen molar-refractivity contribution in [3.63, 3.8) is 0 Å². The third kappa shape index (κ3) is 4.20. The maximum Gasteiger partial charge on any atom is 0.343 e. The fourth-order valence-electron chi connectivity index (χ4n) is 2.15. The van der Waals surface area contributed by atoms with Gasteiger partial charge in [-0.1, -0.05) is 31.9 Å². The monoisotopic (exact) mass is 334 g/mol. The number of rotatable bonds is 7. The SMILES string of the molecule is CCCOc1nc(-c2ccc(Cl)cc2)nc(CCC)c1C(=O)O. The Balaban J connectivity index is 2.57. The molecular formula is C17H19ClN2O3. The van der Waals surface area contributed by atoms with Crippen LogP contribution in [0.4, 0.5) is 0 Å². The third-order valence-corrected chi connectivity index (χ3v) is 3.45. The molecule has 0 atom stereocenters. The normalized spacial score (nSPS) is 10.6. The summed E-state index contributed by atoms with van der Waals surface area (Å²) in [5.41, 5.74) is 1.31. The molecule has 1 aromatic carbocycles. The molecule has 0 spiro atoms. The first-order valence-electron chi connectivity index (χ1n) is 7.59. The van der Waals surface area contributed by atoms with Crippen LogP contribution in [-0.2, 0) is 6.42 Å². The van der Waals surface area contributed by atoms with Crippen molar-refractivity contribution in [2.45, 2.75) is 33.1 Å². The van der Waals surface area contributed by atoms with Crippen LogP contribution in [0.3, 0.4) is 0 Å². The first-order chi connectivity index (χ1) is 11.1. The van der Waals surface area contributed by atoms with Crippen molar-refractivity contribution in [3.05, 3.63) is 40.5 Å². The highest BCUT2D eigenvalue weighted by atomic mass is 35.5. The number of ether oxygens (including phenoxy) is 1. The number of halogens is 1. The zero-order valence-electron chi connectivity index (χ0n) is 13.2. The number of hydrogen-bond acceptors (Lipinski definition) is 4. The van der Waals surface area contributed by atoms with Crippen LogP contribution in [0.25, 0.3) is 11.4 Å². The second-order valence-corrected chi connectivity index (χ2v) is 5.52. The first-order valence-corrected chi connectivity index (χ1v) is 7.97. The van der Waals surface area contributed by atoms with Crippen LogP contribution in [0.5, 0.6) is 5.88 Å². The van der Waals surface area contributed by atoms with Crippen molar-refractivity contribution >= 4 is 17.6 Å². The van der Waals surface area contributed by atoms with E-state index in [-0.39, 0.29) is 11.4 Å². The van der Waals surface area contributed by atoms with Crippen LogP contribution in [0.2, 0.25) is 5.02 Å². The van der Waals surface area contributed by atoms with Gasteiger partial charge < -0.3 is 9.84 Å². The van der Waals surface area contributed by atoms with Gasteiger partial charge in [0.25, 0.3) is 0 Å². The van der Waals surface area contributed by atoms with Gasteiger partial charge in [-0.25, -0.2) is 9.78 Å². The Kier molecular flexibility index (Phi) is 5.93. The molecule has 0 aliphatic carbocycles. The third-order valence-electron chi connectivity index (χ3n) is 3.20. The summed E-state index contributed by atoms with van der Waals surface area (Å²) in [4.78, 5) is 20.3. The molecule has 122 valence electrons. The van der Waals surface area contributed by atoms with Crippen molar-refractivity contribution in [1.82, 2.24) is 9.97 Å². The molecule has 0 aliphatic rings. The van der Waals surface area contributed by atoms with Crippen LogP contribution in [-0.4, -0.2) is 27.7 Å². The molecule has 0 radical (unpaired) electrons. The lowest BCUT2D eigenvalue weighted by Gasteiger charge is -2.13. The van der Waals surface area contributed by atoms with Crippen LogP contribution >= 0.6 is 11.6 Å². The van der Waals surface area contributed by atoms with E-state index >= 15 is 0 Å². The van der Waals surface area contributed by atoms with Gasteiger partial charge in [-0.05, 0) is 37.1 Å². The summed E-state index contributed by atoms with van der Waals surface area (Å²) in [5, 5.41) is 10.1. The summed E-state index contributed by atoms with van der Waals surface area (Å²) in [5.74, 6) is -0.494. The van der Waals surface area contributed by atoms with Gasteiger partial charge in [0.15, 0.2) is 5.82 Å². The molecule has 2 rings (SSSR count). The molecule has 2 aromatic rings. The molecule has 0 aliphatic heterocycles. The van der Waals surface area contributed by atoms with Gasteiger partial charge in [0.2, 0.25) is 5.88 Å². The minimum Gasteiger partial charge on any atom is -0.477 e. The number of aryl methyl sites for hydroxylation is 1. The second-order valence-electron chi connectivity index (χ2n) is 5.08. The molecule has 0 fully saturated rings. The molecule has 1 N–H and O–H groups in total. The van der Waals surface area contributed by atoms with E-state index in [1.807, 2.05) is 13.8 Å². The molecule has 23 heavy (non-hydrogen) atoms. The Morgan fingerprint density at radius 2 is 1.87 bits per heavy atom. The number of carboxylic acids is 1. The van der Waals surface area contributed by atoms with Crippen LogP contribution in [0.1, 0.15) is 42.7 Å². The Bertz CT molecular complexity index is 687. The molecule has 0 unspecified atom stereocenters. The lowest BCUT2D eigenvalue weighted by molar-refractivity contribution is 0.0689.